The number of ether oxygens (including phenoxy) is 1. The summed E-state index contributed by atoms with van der Waals surface area (Å²) in [5.41, 5.74) is 3.63. The van der Waals surface area contributed by atoms with Gasteiger partial charge in [0.1, 0.15) is 0 Å². The van der Waals surface area contributed by atoms with Crippen molar-refractivity contribution in [3.05, 3.63) is 41.7 Å². The van der Waals surface area contributed by atoms with Gasteiger partial charge in [-0.1, -0.05) is 6.07 Å². The van der Waals surface area contributed by atoms with Gasteiger partial charge in [0, 0.05) is 19.4 Å². The van der Waals surface area contributed by atoms with Crippen molar-refractivity contribution in [2.24, 2.45) is 7.05 Å². The van der Waals surface area contributed by atoms with E-state index in [1.54, 1.807) is 6.20 Å². The van der Waals surface area contributed by atoms with Gasteiger partial charge in [-0.15, -0.1) is 0 Å². The molecule has 0 amide bonds. The molecule has 2 aromatic rings. The molecule has 1 saturated heterocycles. The van der Waals surface area contributed by atoms with Crippen LogP contribution in [0.2, 0.25) is 0 Å². The molecular formula is C17H21N3O2. The molecule has 3 rings (SSSR count). The molecule has 1 aliphatic rings. The summed E-state index contributed by atoms with van der Waals surface area (Å²) < 4.78 is 6.66. The lowest BCUT2D eigenvalue weighted by molar-refractivity contribution is 0.0600. The maximum atomic E-state index is 11.6. The van der Waals surface area contributed by atoms with Gasteiger partial charge in [0.05, 0.1) is 24.1 Å². The molecule has 1 N–H and O–H groups in total. The van der Waals surface area contributed by atoms with Gasteiger partial charge in [-0.2, -0.15) is 0 Å². The van der Waals surface area contributed by atoms with Crippen LogP contribution < -0.4 is 5.32 Å². The number of esters is 1. The quantitative estimate of drug-likeness (QED) is 0.884. The van der Waals surface area contributed by atoms with Gasteiger partial charge in [0.2, 0.25) is 0 Å². The van der Waals surface area contributed by atoms with E-state index in [4.69, 9.17) is 4.74 Å². The Morgan fingerprint density at radius 2 is 2.14 bits per heavy atom. The second-order valence-corrected chi connectivity index (χ2v) is 5.72. The van der Waals surface area contributed by atoms with E-state index in [2.05, 4.69) is 16.4 Å². The standard InChI is InChI=1S/C17H21N3O2/c1-20-11-14(17(21)22-2)9-16(20)15-4-3-13(10-19-15)12-5-7-18-8-6-12/h3-4,9-12,18H,5-8H2,1-2H3. The van der Waals surface area contributed by atoms with Gasteiger partial charge < -0.3 is 14.6 Å². The molecule has 5 nitrogen and oxygen atoms in total. The number of rotatable bonds is 3. The fraction of sp³-hybridized carbons (Fsp3) is 0.412. The number of hydrogen-bond acceptors (Lipinski definition) is 4. The van der Waals surface area contributed by atoms with E-state index >= 15 is 0 Å². The fourth-order valence-corrected chi connectivity index (χ4v) is 3.00. The van der Waals surface area contributed by atoms with Crippen LogP contribution in [-0.4, -0.2) is 35.7 Å². The molecule has 0 aliphatic carbocycles. The number of aryl methyl sites for hydroxylation is 1. The lowest BCUT2D eigenvalue weighted by Gasteiger charge is -2.22. The van der Waals surface area contributed by atoms with Crippen molar-refractivity contribution in [2.45, 2.75) is 18.8 Å². The van der Waals surface area contributed by atoms with Crippen LogP contribution in [0.15, 0.2) is 30.6 Å². The van der Waals surface area contributed by atoms with Gasteiger partial charge >= 0.3 is 5.97 Å². The van der Waals surface area contributed by atoms with E-state index < -0.39 is 0 Å². The minimum absolute atomic E-state index is 0.326. The smallest absolute Gasteiger partial charge is 0.339 e. The number of methoxy groups -OCH3 is 1. The third-order valence-electron chi connectivity index (χ3n) is 4.29. The zero-order valence-corrected chi connectivity index (χ0v) is 13.0. The van der Waals surface area contributed by atoms with E-state index in [0.29, 0.717) is 11.5 Å². The maximum absolute atomic E-state index is 11.6. The zero-order valence-electron chi connectivity index (χ0n) is 13.0. The van der Waals surface area contributed by atoms with Crippen LogP contribution in [0.25, 0.3) is 11.4 Å². The summed E-state index contributed by atoms with van der Waals surface area (Å²) >= 11 is 0. The zero-order chi connectivity index (χ0) is 15.5. The molecule has 0 bridgehead atoms. The van der Waals surface area contributed by atoms with Gasteiger partial charge in [-0.3, -0.25) is 4.98 Å². The van der Waals surface area contributed by atoms with Crippen LogP contribution >= 0.6 is 0 Å². The lowest BCUT2D eigenvalue weighted by atomic mass is 9.91. The highest BCUT2D eigenvalue weighted by atomic mass is 16.5. The minimum atomic E-state index is -0.326. The molecule has 2 aromatic heterocycles. The molecule has 116 valence electrons. The molecule has 0 unspecified atom stereocenters. The highest BCUT2D eigenvalue weighted by Gasteiger charge is 2.17. The summed E-state index contributed by atoms with van der Waals surface area (Å²) in [6.45, 7) is 2.15. The topological polar surface area (TPSA) is 56.1 Å². The van der Waals surface area contributed by atoms with Crippen molar-refractivity contribution in [2.75, 3.05) is 20.2 Å². The van der Waals surface area contributed by atoms with Crippen molar-refractivity contribution in [3.8, 4) is 11.4 Å². The van der Waals surface area contributed by atoms with Crippen LogP contribution in [0.3, 0.4) is 0 Å². The number of nitrogens with one attached hydrogen (secondary N) is 1. The van der Waals surface area contributed by atoms with Gasteiger partial charge in [-0.05, 0) is 49.5 Å². The van der Waals surface area contributed by atoms with Crippen molar-refractivity contribution >= 4 is 5.97 Å². The van der Waals surface area contributed by atoms with Gasteiger partial charge in [0.25, 0.3) is 0 Å². The molecule has 0 atom stereocenters. The molecule has 1 aliphatic heterocycles. The Labute approximate surface area is 130 Å². The summed E-state index contributed by atoms with van der Waals surface area (Å²) in [5.74, 6) is 0.273. The van der Waals surface area contributed by atoms with Crippen molar-refractivity contribution < 1.29 is 9.53 Å². The largest absolute Gasteiger partial charge is 0.465 e. The van der Waals surface area contributed by atoms with E-state index in [1.807, 2.05) is 29.9 Å². The van der Waals surface area contributed by atoms with Crippen LogP contribution in [0.1, 0.15) is 34.7 Å². The average Bonchev–Trinajstić information content (AvgIpc) is 2.97. The van der Waals surface area contributed by atoms with E-state index in [1.165, 1.54) is 12.7 Å². The van der Waals surface area contributed by atoms with E-state index in [-0.39, 0.29) is 5.97 Å². The first-order valence-electron chi connectivity index (χ1n) is 7.60. The number of piperidine rings is 1. The van der Waals surface area contributed by atoms with Crippen LogP contribution in [-0.2, 0) is 11.8 Å². The van der Waals surface area contributed by atoms with Crippen molar-refractivity contribution in [1.29, 1.82) is 0 Å². The Balaban J connectivity index is 1.83. The molecule has 1 fully saturated rings. The van der Waals surface area contributed by atoms with Crippen LogP contribution in [0.4, 0.5) is 0 Å². The summed E-state index contributed by atoms with van der Waals surface area (Å²) in [6, 6.07) is 6.01. The van der Waals surface area contributed by atoms with Crippen LogP contribution in [0, 0.1) is 0 Å². The number of hydrogen-bond donors (Lipinski definition) is 1. The molecular weight excluding hydrogens is 278 g/mol. The minimum Gasteiger partial charge on any atom is -0.465 e. The Hall–Kier alpha value is -2.14. The maximum Gasteiger partial charge on any atom is 0.339 e. The third-order valence-corrected chi connectivity index (χ3v) is 4.29. The monoisotopic (exact) mass is 299 g/mol. The molecule has 0 saturated carbocycles. The molecule has 0 spiro atoms. The first-order chi connectivity index (χ1) is 10.7. The number of nitrogens with zero attached hydrogens (tertiary/aromatic N) is 2. The summed E-state index contributed by atoms with van der Waals surface area (Å²) in [6.07, 6.45) is 6.06. The fourth-order valence-electron chi connectivity index (χ4n) is 3.00. The number of aromatic nitrogens is 2. The predicted octanol–water partition coefficient (Wildman–Crippen LogP) is 2.34. The Kier molecular flexibility index (Phi) is 4.24. The summed E-state index contributed by atoms with van der Waals surface area (Å²) in [5, 5.41) is 3.38. The number of carbonyl (C=O) groups is 1. The molecule has 5 heteroatoms. The summed E-state index contributed by atoms with van der Waals surface area (Å²) in [7, 11) is 3.30. The highest BCUT2D eigenvalue weighted by molar-refractivity contribution is 5.90. The first-order valence-corrected chi connectivity index (χ1v) is 7.60. The van der Waals surface area contributed by atoms with Crippen molar-refractivity contribution in [1.82, 2.24) is 14.9 Å². The van der Waals surface area contributed by atoms with Crippen LogP contribution in [0.5, 0.6) is 0 Å². The normalized spacial score (nSPS) is 15.7. The Morgan fingerprint density at radius 3 is 2.77 bits per heavy atom. The summed E-state index contributed by atoms with van der Waals surface area (Å²) in [4.78, 5) is 16.2. The Bertz CT molecular complexity index is 655. The third kappa shape index (κ3) is 2.90. The Morgan fingerprint density at radius 1 is 1.36 bits per heavy atom. The first kappa shape index (κ1) is 14.8. The van der Waals surface area contributed by atoms with E-state index in [0.717, 1.165) is 37.3 Å². The van der Waals surface area contributed by atoms with E-state index in [9.17, 15) is 4.79 Å². The average molecular weight is 299 g/mol. The second-order valence-electron chi connectivity index (χ2n) is 5.72. The number of pyridine rings is 1. The van der Waals surface area contributed by atoms with Crippen molar-refractivity contribution in [3.63, 3.8) is 0 Å². The van der Waals surface area contributed by atoms with Gasteiger partial charge in [0.15, 0.2) is 0 Å². The predicted molar refractivity (Wildman–Crippen MR) is 84.8 cm³/mol. The lowest BCUT2D eigenvalue weighted by Crippen LogP contribution is -2.26. The number of carbonyl (C=O) groups excluding carboxylic acids is 1. The molecule has 0 aromatic carbocycles. The molecule has 3 heterocycles. The SMILES string of the molecule is COC(=O)c1cc(-c2ccc(C3CCNCC3)cn2)n(C)c1. The highest BCUT2D eigenvalue weighted by Crippen LogP contribution is 2.27. The molecule has 22 heavy (non-hydrogen) atoms. The van der Waals surface area contributed by atoms with Gasteiger partial charge in [-0.25, -0.2) is 4.79 Å². The second kappa shape index (κ2) is 6.32. The molecule has 0 radical (unpaired) electrons.